The third-order valence-electron chi connectivity index (χ3n) is 2.81. The van der Waals surface area contributed by atoms with Crippen LogP contribution in [-0.2, 0) is 9.53 Å². The van der Waals surface area contributed by atoms with Crippen molar-refractivity contribution in [3.05, 3.63) is 60.2 Å². The van der Waals surface area contributed by atoms with Crippen molar-refractivity contribution in [2.75, 3.05) is 24.3 Å². The van der Waals surface area contributed by atoms with Gasteiger partial charge in [0.05, 0.1) is 5.56 Å². The lowest BCUT2D eigenvalue weighted by molar-refractivity contribution is -0.119. The van der Waals surface area contributed by atoms with E-state index in [1.807, 2.05) is 24.3 Å². The van der Waals surface area contributed by atoms with Crippen LogP contribution in [0, 0.1) is 0 Å². The molecule has 0 aliphatic rings. The summed E-state index contributed by atoms with van der Waals surface area (Å²) in [5, 5.41) is 5.55. The first kappa shape index (κ1) is 14.6. The van der Waals surface area contributed by atoms with Crippen LogP contribution in [0.3, 0.4) is 0 Å². The molecule has 0 aliphatic heterocycles. The molecule has 0 unspecified atom stereocenters. The fourth-order valence-electron chi connectivity index (χ4n) is 1.81. The van der Waals surface area contributed by atoms with E-state index in [-0.39, 0.29) is 12.5 Å². The van der Waals surface area contributed by atoms with Gasteiger partial charge in [0.1, 0.15) is 0 Å². The average molecular weight is 284 g/mol. The monoisotopic (exact) mass is 284 g/mol. The van der Waals surface area contributed by atoms with Gasteiger partial charge in [-0.2, -0.15) is 0 Å². The molecule has 0 bridgehead atoms. The van der Waals surface area contributed by atoms with Gasteiger partial charge < -0.3 is 15.4 Å². The van der Waals surface area contributed by atoms with Crippen LogP contribution in [0.4, 0.5) is 11.4 Å². The fourth-order valence-corrected chi connectivity index (χ4v) is 1.81. The molecule has 108 valence electrons. The zero-order valence-electron chi connectivity index (χ0n) is 11.6. The molecular weight excluding hydrogens is 268 g/mol. The smallest absolute Gasteiger partial charge is 0.340 e. The summed E-state index contributed by atoms with van der Waals surface area (Å²) < 4.78 is 5.01. The Morgan fingerprint density at radius 3 is 2.38 bits per heavy atom. The lowest BCUT2D eigenvalue weighted by Gasteiger charge is -2.09. The molecule has 0 heterocycles. The molecular formula is C16H16N2O3. The number of hydrogen-bond acceptors (Lipinski definition) is 4. The third kappa shape index (κ3) is 4.07. The van der Waals surface area contributed by atoms with Crippen LogP contribution in [0.5, 0.6) is 0 Å². The number of rotatable bonds is 5. The van der Waals surface area contributed by atoms with Crippen molar-refractivity contribution in [3.8, 4) is 0 Å². The van der Waals surface area contributed by atoms with Crippen LogP contribution >= 0.6 is 0 Å². The van der Waals surface area contributed by atoms with Gasteiger partial charge in [-0.1, -0.05) is 30.3 Å². The second-order valence-electron chi connectivity index (χ2n) is 4.29. The summed E-state index contributed by atoms with van der Waals surface area (Å²) in [4.78, 5) is 23.6. The summed E-state index contributed by atoms with van der Waals surface area (Å²) >= 11 is 0. The number of hydrogen-bond donors (Lipinski definition) is 2. The predicted octanol–water partition coefficient (Wildman–Crippen LogP) is 2.52. The molecule has 0 saturated heterocycles. The van der Waals surface area contributed by atoms with E-state index in [2.05, 4.69) is 10.6 Å². The Hall–Kier alpha value is -2.82. The van der Waals surface area contributed by atoms with E-state index in [1.165, 1.54) is 0 Å². The summed E-state index contributed by atoms with van der Waals surface area (Å²) in [5.41, 5.74) is 1.72. The molecule has 0 fully saturated rings. The molecule has 5 heteroatoms. The molecule has 2 aromatic carbocycles. The van der Waals surface area contributed by atoms with Crippen molar-refractivity contribution < 1.29 is 14.3 Å². The average Bonchev–Trinajstić information content (AvgIpc) is 2.53. The van der Waals surface area contributed by atoms with Crippen LogP contribution in [0.2, 0.25) is 0 Å². The number of amides is 1. The summed E-state index contributed by atoms with van der Waals surface area (Å²) in [6, 6.07) is 15.9. The van der Waals surface area contributed by atoms with Gasteiger partial charge in [0, 0.05) is 18.4 Å². The number of carbonyl (C=O) groups excluding carboxylic acids is 2. The van der Waals surface area contributed by atoms with Gasteiger partial charge in [0.2, 0.25) is 0 Å². The van der Waals surface area contributed by atoms with Crippen molar-refractivity contribution in [2.24, 2.45) is 0 Å². The highest BCUT2D eigenvalue weighted by atomic mass is 16.5. The van der Waals surface area contributed by atoms with Crippen LogP contribution in [0.15, 0.2) is 54.6 Å². The molecule has 5 nitrogen and oxygen atoms in total. The minimum absolute atomic E-state index is 0.328. The first-order valence-corrected chi connectivity index (χ1v) is 6.49. The Morgan fingerprint density at radius 2 is 1.67 bits per heavy atom. The number of anilines is 2. The highest BCUT2D eigenvalue weighted by molar-refractivity contribution is 5.98. The molecule has 0 spiro atoms. The summed E-state index contributed by atoms with van der Waals surface area (Å²) in [5.74, 6) is -0.917. The second-order valence-corrected chi connectivity index (χ2v) is 4.29. The van der Waals surface area contributed by atoms with Crippen molar-refractivity contribution in [3.63, 3.8) is 0 Å². The summed E-state index contributed by atoms with van der Waals surface area (Å²) in [7, 11) is 1.72. The van der Waals surface area contributed by atoms with Gasteiger partial charge in [-0.3, -0.25) is 4.79 Å². The van der Waals surface area contributed by atoms with Gasteiger partial charge in [-0.05, 0) is 24.3 Å². The topological polar surface area (TPSA) is 67.4 Å². The minimum atomic E-state index is -0.539. The highest BCUT2D eigenvalue weighted by Crippen LogP contribution is 2.15. The van der Waals surface area contributed by atoms with E-state index >= 15 is 0 Å². The van der Waals surface area contributed by atoms with E-state index in [4.69, 9.17) is 4.74 Å². The van der Waals surface area contributed by atoms with E-state index in [1.54, 1.807) is 37.4 Å². The molecule has 0 aliphatic carbocycles. The summed E-state index contributed by atoms with van der Waals surface area (Å²) in [6.45, 7) is -0.328. The second kappa shape index (κ2) is 7.09. The van der Waals surface area contributed by atoms with Crippen molar-refractivity contribution in [1.29, 1.82) is 0 Å². The van der Waals surface area contributed by atoms with Crippen molar-refractivity contribution in [1.82, 2.24) is 0 Å². The number of nitrogens with one attached hydrogen (secondary N) is 2. The van der Waals surface area contributed by atoms with Crippen LogP contribution in [-0.4, -0.2) is 25.5 Å². The minimum Gasteiger partial charge on any atom is -0.452 e. The number of esters is 1. The number of benzene rings is 2. The maximum Gasteiger partial charge on any atom is 0.340 e. The zero-order valence-corrected chi connectivity index (χ0v) is 11.6. The van der Waals surface area contributed by atoms with Crippen LogP contribution in [0.1, 0.15) is 10.4 Å². The van der Waals surface area contributed by atoms with Crippen molar-refractivity contribution >= 4 is 23.3 Å². The fraction of sp³-hybridized carbons (Fsp3) is 0.125. The van der Waals surface area contributed by atoms with E-state index < -0.39 is 5.97 Å². The largest absolute Gasteiger partial charge is 0.452 e. The van der Waals surface area contributed by atoms with Gasteiger partial charge in [-0.15, -0.1) is 0 Å². The van der Waals surface area contributed by atoms with E-state index in [0.29, 0.717) is 16.9 Å². The van der Waals surface area contributed by atoms with Gasteiger partial charge in [0.25, 0.3) is 5.91 Å². The molecule has 2 rings (SSSR count). The van der Waals surface area contributed by atoms with E-state index in [9.17, 15) is 9.59 Å². The SMILES string of the molecule is CNc1ccccc1C(=O)OCC(=O)Nc1ccccc1. The predicted molar refractivity (Wildman–Crippen MR) is 81.3 cm³/mol. The Bertz CT molecular complexity index is 626. The van der Waals surface area contributed by atoms with Gasteiger partial charge >= 0.3 is 5.97 Å². The Balaban J connectivity index is 1.90. The van der Waals surface area contributed by atoms with E-state index in [0.717, 1.165) is 0 Å². The number of carbonyl (C=O) groups is 2. The molecule has 2 aromatic rings. The molecule has 0 atom stereocenters. The summed E-state index contributed by atoms with van der Waals surface area (Å²) in [6.07, 6.45) is 0. The highest BCUT2D eigenvalue weighted by Gasteiger charge is 2.13. The van der Waals surface area contributed by atoms with Gasteiger partial charge in [0.15, 0.2) is 6.61 Å². The Kier molecular flexibility index (Phi) is 4.93. The molecule has 2 N–H and O–H groups in total. The zero-order chi connectivity index (χ0) is 15.1. The number of ether oxygens (including phenoxy) is 1. The van der Waals surface area contributed by atoms with Crippen LogP contribution < -0.4 is 10.6 Å². The van der Waals surface area contributed by atoms with Gasteiger partial charge in [-0.25, -0.2) is 4.79 Å². The lowest BCUT2D eigenvalue weighted by Crippen LogP contribution is -2.21. The third-order valence-corrected chi connectivity index (χ3v) is 2.81. The molecule has 0 saturated carbocycles. The first-order chi connectivity index (χ1) is 10.2. The van der Waals surface area contributed by atoms with Crippen molar-refractivity contribution in [2.45, 2.75) is 0 Å². The molecule has 21 heavy (non-hydrogen) atoms. The Labute approximate surface area is 122 Å². The standard InChI is InChI=1S/C16H16N2O3/c1-17-14-10-6-5-9-13(14)16(20)21-11-15(19)18-12-7-3-2-4-8-12/h2-10,17H,11H2,1H3,(H,18,19). The lowest BCUT2D eigenvalue weighted by atomic mass is 10.2. The normalized spacial score (nSPS) is 9.76. The van der Waals surface area contributed by atoms with Crippen LogP contribution in [0.25, 0.3) is 0 Å². The first-order valence-electron chi connectivity index (χ1n) is 6.49. The maximum absolute atomic E-state index is 11.9. The maximum atomic E-state index is 11.9. The molecule has 0 aromatic heterocycles. The quantitative estimate of drug-likeness (QED) is 0.828. The number of para-hydroxylation sites is 2. The molecule has 1 amide bonds. The molecule has 0 radical (unpaired) electrons. The Morgan fingerprint density at radius 1 is 1.00 bits per heavy atom.